The van der Waals surface area contributed by atoms with E-state index >= 15 is 0 Å². The van der Waals surface area contributed by atoms with E-state index in [4.69, 9.17) is 4.74 Å². The quantitative estimate of drug-likeness (QED) is 0.884. The third-order valence-corrected chi connectivity index (χ3v) is 4.41. The van der Waals surface area contributed by atoms with E-state index in [2.05, 4.69) is 4.98 Å². The molecule has 0 radical (unpaired) electrons. The molecule has 2 N–H and O–H groups in total. The number of rotatable bonds is 4. The molecule has 1 saturated heterocycles. The molecule has 7 nitrogen and oxygen atoms in total. The standard InChI is InChI=1S/C17H20FN3O4/c1-2-25-17(24)21-7-5-20(6-8-21)15(16(22)23)13-10-19-14-9-11(18)3-4-12(13)14/h3-4,9-10,15,19H,2,5-8H2,1H3,(H,22,23)/t15-/m1/s1. The second-order valence-electron chi connectivity index (χ2n) is 5.90. The van der Waals surface area contributed by atoms with Crippen molar-refractivity contribution in [3.8, 4) is 0 Å². The van der Waals surface area contributed by atoms with Gasteiger partial charge in [0.05, 0.1) is 6.61 Å². The maximum absolute atomic E-state index is 13.3. The molecule has 25 heavy (non-hydrogen) atoms. The van der Waals surface area contributed by atoms with Gasteiger partial charge in [0.1, 0.15) is 11.9 Å². The van der Waals surface area contributed by atoms with Gasteiger partial charge in [-0.1, -0.05) is 0 Å². The highest BCUT2D eigenvalue weighted by molar-refractivity contribution is 5.89. The third kappa shape index (κ3) is 3.43. The van der Waals surface area contributed by atoms with E-state index < -0.39 is 12.0 Å². The van der Waals surface area contributed by atoms with Crippen LogP contribution in [0.3, 0.4) is 0 Å². The molecule has 8 heteroatoms. The van der Waals surface area contributed by atoms with Crippen molar-refractivity contribution in [1.82, 2.24) is 14.8 Å². The number of halogens is 1. The van der Waals surface area contributed by atoms with Gasteiger partial charge in [0, 0.05) is 48.8 Å². The maximum atomic E-state index is 13.3. The predicted molar refractivity (Wildman–Crippen MR) is 88.8 cm³/mol. The average Bonchev–Trinajstić information content (AvgIpc) is 2.98. The van der Waals surface area contributed by atoms with Gasteiger partial charge in [0.25, 0.3) is 0 Å². The molecule has 0 unspecified atom stereocenters. The SMILES string of the molecule is CCOC(=O)N1CCN([C@@H](C(=O)O)c2c[nH]c3cc(F)ccc23)CC1. The first-order valence-electron chi connectivity index (χ1n) is 8.16. The minimum atomic E-state index is -0.977. The lowest BCUT2D eigenvalue weighted by Gasteiger charge is -2.37. The van der Waals surface area contributed by atoms with E-state index in [0.717, 1.165) is 0 Å². The Morgan fingerprint density at radius 3 is 2.68 bits per heavy atom. The Labute approximate surface area is 144 Å². The second kappa shape index (κ2) is 7.10. The molecule has 1 aliphatic heterocycles. The first-order valence-corrected chi connectivity index (χ1v) is 8.16. The lowest BCUT2D eigenvalue weighted by Crippen LogP contribution is -2.51. The minimum absolute atomic E-state index is 0.308. The van der Waals surface area contributed by atoms with Gasteiger partial charge in [-0.15, -0.1) is 0 Å². The topological polar surface area (TPSA) is 85.9 Å². The van der Waals surface area contributed by atoms with Gasteiger partial charge in [-0.3, -0.25) is 9.69 Å². The van der Waals surface area contributed by atoms with Crippen molar-refractivity contribution in [2.24, 2.45) is 0 Å². The van der Waals surface area contributed by atoms with Crippen molar-refractivity contribution >= 4 is 23.0 Å². The van der Waals surface area contributed by atoms with Crippen LogP contribution in [0.5, 0.6) is 0 Å². The molecule has 1 aromatic carbocycles. The molecule has 1 aromatic heterocycles. The average molecular weight is 349 g/mol. The number of carbonyl (C=O) groups is 2. The van der Waals surface area contributed by atoms with Crippen LogP contribution in [0.4, 0.5) is 9.18 Å². The van der Waals surface area contributed by atoms with Crippen molar-refractivity contribution in [3.05, 3.63) is 35.8 Å². The van der Waals surface area contributed by atoms with E-state index in [1.54, 1.807) is 24.1 Å². The monoisotopic (exact) mass is 349 g/mol. The summed E-state index contributed by atoms with van der Waals surface area (Å²) in [6, 6.07) is 3.39. The Kier molecular flexibility index (Phi) is 4.89. The van der Waals surface area contributed by atoms with Crippen molar-refractivity contribution in [2.75, 3.05) is 32.8 Å². The summed E-state index contributed by atoms with van der Waals surface area (Å²) in [5, 5.41) is 10.4. The van der Waals surface area contributed by atoms with Gasteiger partial charge < -0.3 is 19.7 Å². The predicted octanol–water partition coefficient (Wildman–Crippen LogP) is 2.21. The molecule has 0 saturated carbocycles. The Balaban J connectivity index is 1.80. The van der Waals surface area contributed by atoms with Gasteiger partial charge in [-0.2, -0.15) is 0 Å². The third-order valence-electron chi connectivity index (χ3n) is 4.41. The van der Waals surface area contributed by atoms with Crippen LogP contribution in [0.25, 0.3) is 10.9 Å². The van der Waals surface area contributed by atoms with Crippen LogP contribution in [0.2, 0.25) is 0 Å². The molecular weight excluding hydrogens is 329 g/mol. The molecule has 0 spiro atoms. The summed E-state index contributed by atoms with van der Waals surface area (Å²) in [5.41, 5.74) is 1.15. The van der Waals surface area contributed by atoms with E-state index in [-0.39, 0.29) is 11.9 Å². The zero-order chi connectivity index (χ0) is 18.0. The van der Waals surface area contributed by atoms with Crippen LogP contribution < -0.4 is 0 Å². The van der Waals surface area contributed by atoms with Gasteiger partial charge in [-0.25, -0.2) is 9.18 Å². The van der Waals surface area contributed by atoms with Gasteiger partial charge in [-0.05, 0) is 25.1 Å². The van der Waals surface area contributed by atoms with E-state index in [9.17, 15) is 19.1 Å². The number of aliphatic carboxylic acids is 1. The number of carboxylic acids is 1. The number of carbonyl (C=O) groups excluding carboxylic acids is 1. The van der Waals surface area contributed by atoms with Crippen LogP contribution in [-0.2, 0) is 9.53 Å². The second-order valence-corrected chi connectivity index (χ2v) is 5.90. The van der Waals surface area contributed by atoms with Gasteiger partial charge >= 0.3 is 12.1 Å². The summed E-state index contributed by atoms with van der Waals surface area (Å²) in [6.07, 6.45) is 1.23. The number of aromatic amines is 1. The Hall–Kier alpha value is -2.61. The number of H-pyrrole nitrogens is 1. The normalized spacial score (nSPS) is 16.8. The molecular formula is C17H20FN3O4. The number of hydrogen-bond acceptors (Lipinski definition) is 4. The maximum Gasteiger partial charge on any atom is 0.409 e. The lowest BCUT2D eigenvalue weighted by atomic mass is 10.0. The van der Waals surface area contributed by atoms with Crippen LogP contribution in [0.1, 0.15) is 18.5 Å². The van der Waals surface area contributed by atoms with Crippen molar-refractivity contribution in [3.63, 3.8) is 0 Å². The number of nitrogens with one attached hydrogen (secondary N) is 1. The molecule has 0 bridgehead atoms. The molecule has 1 fully saturated rings. The number of amides is 1. The van der Waals surface area contributed by atoms with Crippen LogP contribution in [0.15, 0.2) is 24.4 Å². The summed E-state index contributed by atoms with van der Waals surface area (Å²) >= 11 is 0. The smallest absolute Gasteiger partial charge is 0.409 e. The van der Waals surface area contributed by atoms with Crippen molar-refractivity contribution in [1.29, 1.82) is 0 Å². The highest BCUT2D eigenvalue weighted by Crippen LogP contribution is 2.30. The van der Waals surface area contributed by atoms with E-state index in [1.807, 2.05) is 4.90 Å². The number of piperazine rings is 1. The summed E-state index contributed by atoms with van der Waals surface area (Å²) in [4.78, 5) is 30.0. The first-order chi connectivity index (χ1) is 12.0. The zero-order valence-corrected chi connectivity index (χ0v) is 13.9. The largest absolute Gasteiger partial charge is 0.480 e. The van der Waals surface area contributed by atoms with E-state index in [0.29, 0.717) is 49.3 Å². The van der Waals surface area contributed by atoms with E-state index in [1.165, 1.54) is 12.1 Å². The van der Waals surface area contributed by atoms with Crippen LogP contribution >= 0.6 is 0 Å². The fraction of sp³-hybridized carbons (Fsp3) is 0.412. The number of fused-ring (bicyclic) bond motifs is 1. The lowest BCUT2D eigenvalue weighted by molar-refractivity contribution is -0.144. The summed E-state index contributed by atoms with van der Waals surface area (Å²) in [5.74, 6) is -1.36. The summed E-state index contributed by atoms with van der Waals surface area (Å²) in [7, 11) is 0. The first kappa shape index (κ1) is 17.2. The fourth-order valence-electron chi connectivity index (χ4n) is 3.21. The Morgan fingerprint density at radius 2 is 2.04 bits per heavy atom. The number of hydrogen-bond donors (Lipinski definition) is 2. The van der Waals surface area contributed by atoms with Crippen LogP contribution in [0, 0.1) is 5.82 Å². The number of nitrogens with zero attached hydrogens (tertiary/aromatic N) is 2. The zero-order valence-electron chi connectivity index (χ0n) is 13.9. The van der Waals surface area contributed by atoms with Crippen molar-refractivity contribution in [2.45, 2.75) is 13.0 Å². The molecule has 0 aliphatic carbocycles. The molecule has 2 heterocycles. The fourth-order valence-corrected chi connectivity index (χ4v) is 3.21. The van der Waals surface area contributed by atoms with Gasteiger partial charge in [0.2, 0.25) is 0 Å². The number of aromatic nitrogens is 1. The van der Waals surface area contributed by atoms with Crippen molar-refractivity contribution < 1.29 is 23.8 Å². The molecule has 1 amide bonds. The van der Waals surface area contributed by atoms with Crippen LogP contribution in [-0.4, -0.2) is 64.7 Å². The molecule has 1 aliphatic rings. The van der Waals surface area contributed by atoms with Gasteiger partial charge in [0.15, 0.2) is 0 Å². The summed E-state index contributed by atoms with van der Waals surface area (Å²) in [6.45, 7) is 3.70. The molecule has 134 valence electrons. The highest BCUT2D eigenvalue weighted by Gasteiger charge is 2.33. The Bertz CT molecular complexity index is 783. The number of carboxylic acid groups (broad SMARTS) is 1. The molecule has 1 atom stereocenters. The Morgan fingerprint density at radius 1 is 1.32 bits per heavy atom. The summed E-state index contributed by atoms with van der Waals surface area (Å²) < 4.78 is 18.3. The molecule has 2 aromatic rings. The highest BCUT2D eigenvalue weighted by atomic mass is 19.1. The minimum Gasteiger partial charge on any atom is -0.480 e. The number of benzene rings is 1. The number of ether oxygens (including phenoxy) is 1. The molecule has 3 rings (SSSR count).